The van der Waals surface area contributed by atoms with Gasteiger partial charge in [-0.1, -0.05) is 82.5 Å². The molecule has 0 amide bonds. The highest BCUT2D eigenvalue weighted by Crippen LogP contribution is 2.32. The molecular weight excluding hydrogens is 352 g/mol. The maximum Gasteiger partial charge on any atom is 0.174 e. The average Bonchev–Trinajstić information content (AvgIpc) is 2.71. The molecule has 0 heterocycles. The van der Waals surface area contributed by atoms with Crippen LogP contribution in [0.2, 0.25) is 0 Å². The van der Waals surface area contributed by atoms with Gasteiger partial charge in [0, 0.05) is 0 Å². The van der Waals surface area contributed by atoms with E-state index in [0.29, 0.717) is 0 Å². The van der Waals surface area contributed by atoms with Crippen molar-refractivity contribution < 1.29 is 0 Å². The smallest absolute Gasteiger partial charge is 0.174 e. The van der Waals surface area contributed by atoms with Crippen LogP contribution < -0.4 is 0 Å². The van der Waals surface area contributed by atoms with Gasteiger partial charge in [-0.25, -0.2) is 0 Å². The van der Waals surface area contributed by atoms with E-state index in [-0.39, 0.29) is 0 Å². The fraction of sp³-hybridized carbons (Fsp3) is 0.500. The number of benzene rings is 2. The van der Waals surface area contributed by atoms with Crippen molar-refractivity contribution in [1.82, 2.24) is 0 Å². The monoisotopic (exact) mass is 385 g/mol. The van der Waals surface area contributed by atoms with Crippen LogP contribution in [-0.4, -0.2) is 9.55 Å². The molecule has 2 aromatic carbocycles. The van der Waals surface area contributed by atoms with Gasteiger partial charge in [-0.15, -0.1) is 0 Å². The third kappa shape index (κ3) is 6.93. The highest BCUT2D eigenvalue weighted by Gasteiger charge is 2.14. The van der Waals surface area contributed by atoms with Gasteiger partial charge in [0.1, 0.15) is 0 Å². The van der Waals surface area contributed by atoms with E-state index in [0.717, 1.165) is 0 Å². The first kappa shape index (κ1) is 23.0. The molecule has 0 bridgehead atoms. The summed E-state index contributed by atoms with van der Waals surface area (Å²) < 4.78 is 0. The zero-order valence-electron chi connectivity index (χ0n) is 16.8. The summed E-state index contributed by atoms with van der Waals surface area (Å²) in [7, 11) is 2.44. The van der Waals surface area contributed by atoms with Crippen LogP contribution in [0.1, 0.15) is 76.0 Å². The highest BCUT2D eigenvalue weighted by molar-refractivity contribution is 6.80. The van der Waals surface area contributed by atoms with Gasteiger partial charge in [-0.3, -0.25) is 0 Å². The average molecular weight is 386 g/mol. The van der Waals surface area contributed by atoms with E-state index in [1.807, 2.05) is 0 Å². The molecule has 0 aromatic heterocycles. The lowest BCUT2D eigenvalue weighted by Crippen LogP contribution is -2.04. The summed E-state index contributed by atoms with van der Waals surface area (Å²) >= 11 is 4.44. The predicted molar refractivity (Wildman–Crippen MR) is 119 cm³/mol. The molecule has 2 rings (SSSR count). The zero-order valence-corrected chi connectivity index (χ0v) is 18.5. The van der Waals surface area contributed by atoms with E-state index >= 15 is 0 Å². The molecule has 0 fully saturated rings. The standard InChI is InChI=1S/C24H34.ClSi/c1-4-7-13-21-18-19-23(20-14-11-10-12-15-20)24(17-9-6-3)22(21)16-8-5-2;1-2/h10-12,14-15,18-19H,4-9,13,16-17H2,1-3H3;. The van der Waals surface area contributed by atoms with Crippen LogP contribution in [0.3, 0.4) is 0 Å². The minimum Gasteiger partial charge on any atom is -0.174 e. The van der Waals surface area contributed by atoms with E-state index in [9.17, 15) is 0 Å². The van der Waals surface area contributed by atoms with Crippen LogP contribution in [0.4, 0.5) is 0 Å². The van der Waals surface area contributed by atoms with E-state index in [1.165, 1.54) is 68.9 Å². The van der Waals surface area contributed by atoms with Crippen LogP contribution in [0.25, 0.3) is 11.1 Å². The molecule has 0 saturated heterocycles. The Labute approximate surface area is 169 Å². The van der Waals surface area contributed by atoms with Crippen molar-refractivity contribution in [3.8, 4) is 11.1 Å². The Balaban J connectivity index is 0.00000163. The van der Waals surface area contributed by atoms with Crippen molar-refractivity contribution in [1.29, 1.82) is 0 Å². The van der Waals surface area contributed by atoms with Gasteiger partial charge in [-0.05, 0) is 66.3 Å². The lowest BCUT2D eigenvalue weighted by atomic mass is 9.85. The fourth-order valence-corrected chi connectivity index (χ4v) is 3.54. The molecule has 141 valence electrons. The third-order valence-electron chi connectivity index (χ3n) is 4.97. The fourth-order valence-electron chi connectivity index (χ4n) is 3.54. The van der Waals surface area contributed by atoms with Crippen molar-refractivity contribution in [2.45, 2.75) is 78.6 Å². The van der Waals surface area contributed by atoms with Gasteiger partial charge in [0.2, 0.25) is 0 Å². The van der Waals surface area contributed by atoms with Crippen molar-refractivity contribution in [3.05, 3.63) is 59.2 Å². The predicted octanol–water partition coefficient (Wildman–Crippen LogP) is 7.69. The number of rotatable bonds is 10. The Morgan fingerprint density at radius 2 is 1.19 bits per heavy atom. The van der Waals surface area contributed by atoms with Gasteiger partial charge in [0.25, 0.3) is 0 Å². The quantitative estimate of drug-likeness (QED) is 0.290. The molecule has 0 nitrogen and oxygen atoms in total. The Bertz CT molecular complexity index is 607. The summed E-state index contributed by atoms with van der Waals surface area (Å²) in [5.41, 5.74) is 7.75. The molecule has 0 N–H and O–H groups in total. The maximum absolute atomic E-state index is 4.44. The van der Waals surface area contributed by atoms with Crippen LogP contribution in [0, 0.1) is 0 Å². The zero-order chi connectivity index (χ0) is 19.2. The van der Waals surface area contributed by atoms with Gasteiger partial charge in [0.05, 0.1) is 0 Å². The molecule has 0 aliphatic heterocycles. The van der Waals surface area contributed by atoms with Gasteiger partial charge < -0.3 is 0 Å². The van der Waals surface area contributed by atoms with Crippen LogP contribution in [-0.2, 0) is 19.3 Å². The second-order valence-electron chi connectivity index (χ2n) is 6.91. The molecule has 0 aliphatic rings. The lowest BCUT2D eigenvalue weighted by molar-refractivity contribution is 0.736. The van der Waals surface area contributed by atoms with E-state index in [4.69, 9.17) is 0 Å². The molecule has 0 aliphatic carbocycles. The number of aryl methyl sites for hydroxylation is 1. The van der Waals surface area contributed by atoms with E-state index < -0.39 is 0 Å². The second kappa shape index (κ2) is 14.1. The second-order valence-corrected chi connectivity index (χ2v) is 6.91. The molecule has 3 radical (unpaired) electrons. The van der Waals surface area contributed by atoms with E-state index in [2.05, 4.69) is 83.9 Å². The Morgan fingerprint density at radius 3 is 1.77 bits per heavy atom. The minimum absolute atomic E-state index is 1.22. The normalized spacial score (nSPS) is 10.3. The summed E-state index contributed by atoms with van der Waals surface area (Å²) in [6, 6.07) is 15.8. The molecule has 2 heteroatoms. The number of halogens is 1. The number of hydrogen-bond donors (Lipinski definition) is 0. The number of hydrogen-bond acceptors (Lipinski definition) is 0. The molecule has 0 unspecified atom stereocenters. The van der Waals surface area contributed by atoms with Crippen LogP contribution >= 0.6 is 11.1 Å². The molecule has 0 atom stereocenters. The molecular formula is C24H34ClSi. The minimum atomic E-state index is 1.22. The van der Waals surface area contributed by atoms with Gasteiger partial charge >= 0.3 is 0 Å². The summed E-state index contributed by atoms with van der Waals surface area (Å²) in [4.78, 5) is 0. The SMILES string of the molecule is CCCCc1ccc(-c2ccccc2)c(CCCC)c1CCCC.[Si]Cl. The third-order valence-corrected chi connectivity index (χ3v) is 4.97. The Morgan fingerprint density at radius 1 is 0.654 bits per heavy atom. The summed E-state index contributed by atoms with van der Waals surface area (Å²) in [5, 5.41) is 0. The van der Waals surface area contributed by atoms with E-state index in [1.54, 1.807) is 16.7 Å². The highest BCUT2D eigenvalue weighted by atomic mass is 35.6. The topological polar surface area (TPSA) is 0 Å². The summed E-state index contributed by atoms with van der Waals surface area (Å²) in [6.45, 7) is 6.90. The summed E-state index contributed by atoms with van der Waals surface area (Å²) in [5.74, 6) is 0. The number of unbranched alkanes of at least 4 members (excludes halogenated alkanes) is 3. The maximum atomic E-state index is 4.44. The van der Waals surface area contributed by atoms with Crippen molar-refractivity contribution in [3.63, 3.8) is 0 Å². The summed E-state index contributed by atoms with van der Waals surface area (Å²) in [6.07, 6.45) is 11.4. The van der Waals surface area contributed by atoms with Gasteiger partial charge in [-0.2, -0.15) is 11.1 Å². The van der Waals surface area contributed by atoms with Crippen molar-refractivity contribution in [2.75, 3.05) is 0 Å². The first-order chi connectivity index (χ1) is 12.8. The lowest BCUT2D eigenvalue weighted by Gasteiger charge is -2.19. The van der Waals surface area contributed by atoms with Crippen LogP contribution in [0.15, 0.2) is 42.5 Å². The molecule has 2 aromatic rings. The first-order valence-corrected chi connectivity index (χ1v) is 11.7. The molecule has 0 spiro atoms. The molecule has 0 saturated carbocycles. The largest absolute Gasteiger partial charge is 0.174 e. The van der Waals surface area contributed by atoms with Crippen LogP contribution in [0.5, 0.6) is 0 Å². The van der Waals surface area contributed by atoms with Crippen molar-refractivity contribution >= 4 is 20.6 Å². The molecule has 26 heavy (non-hydrogen) atoms. The Kier molecular flexibility index (Phi) is 12.4. The van der Waals surface area contributed by atoms with Crippen molar-refractivity contribution in [2.24, 2.45) is 0 Å². The Hall–Kier alpha value is -1.05. The van der Waals surface area contributed by atoms with Gasteiger partial charge in [0.15, 0.2) is 9.55 Å². The first-order valence-electron chi connectivity index (χ1n) is 10.2.